The van der Waals surface area contributed by atoms with Crippen molar-refractivity contribution in [3.05, 3.63) is 70.2 Å². The van der Waals surface area contributed by atoms with Crippen LogP contribution in [0.25, 0.3) is 0 Å². The molecule has 0 unspecified atom stereocenters. The standard InChI is InChI=1S/C19H18Cl2N2O3/c1-3-5-13-8-9-17(18(10-13)25-2)26-12-19(24)23-22-11-14-15(20)6-4-7-16(14)21/h3-4,6-11H,1,5,12H2,2H3,(H,23,24)/b22-11+. The van der Waals surface area contributed by atoms with E-state index < -0.39 is 5.91 Å². The van der Waals surface area contributed by atoms with Gasteiger partial charge in [-0.25, -0.2) is 5.43 Å². The van der Waals surface area contributed by atoms with Crippen molar-refractivity contribution in [2.24, 2.45) is 5.10 Å². The summed E-state index contributed by atoms with van der Waals surface area (Å²) in [5.74, 6) is 0.582. The smallest absolute Gasteiger partial charge is 0.277 e. The van der Waals surface area contributed by atoms with Crippen LogP contribution in [0.1, 0.15) is 11.1 Å². The lowest BCUT2D eigenvalue weighted by atomic mass is 10.1. The third kappa shape index (κ3) is 5.51. The van der Waals surface area contributed by atoms with Crippen LogP contribution in [0.5, 0.6) is 11.5 Å². The highest BCUT2D eigenvalue weighted by atomic mass is 35.5. The Kier molecular flexibility index (Phi) is 7.51. The molecule has 2 rings (SSSR count). The largest absolute Gasteiger partial charge is 0.493 e. The quantitative estimate of drug-likeness (QED) is 0.414. The lowest BCUT2D eigenvalue weighted by molar-refractivity contribution is -0.123. The molecule has 2 aromatic carbocycles. The van der Waals surface area contributed by atoms with Crippen molar-refractivity contribution in [3.8, 4) is 11.5 Å². The average molecular weight is 393 g/mol. The molecular formula is C19H18Cl2N2O3. The van der Waals surface area contributed by atoms with Gasteiger partial charge in [-0.1, -0.05) is 41.4 Å². The number of halogens is 2. The molecule has 0 atom stereocenters. The third-order valence-electron chi connectivity index (χ3n) is 3.35. The number of hydrogen-bond acceptors (Lipinski definition) is 4. The number of methoxy groups -OCH3 is 1. The molecule has 0 spiro atoms. The van der Waals surface area contributed by atoms with Gasteiger partial charge in [-0.05, 0) is 36.2 Å². The molecule has 0 saturated heterocycles. The van der Waals surface area contributed by atoms with E-state index in [1.54, 1.807) is 30.3 Å². The minimum atomic E-state index is -0.429. The van der Waals surface area contributed by atoms with Crippen LogP contribution in [-0.4, -0.2) is 25.8 Å². The van der Waals surface area contributed by atoms with Gasteiger partial charge in [-0.15, -0.1) is 6.58 Å². The van der Waals surface area contributed by atoms with Gasteiger partial charge in [-0.3, -0.25) is 4.79 Å². The summed E-state index contributed by atoms with van der Waals surface area (Å²) in [5, 5.41) is 4.72. The molecule has 0 heterocycles. The van der Waals surface area contributed by atoms with Crippen molar-refractivity contribution in [1.82, 2.24) is 5.43 Å². The van der Waals surface area contributed by atoms with E-state index in [9.17, 15) is 4.79 Å². The maximum absolute atomic E-state index is 11.9. The minimum Gasteiger partial charge on any atom is -0.493 e. The molecular weight excluding hydrogens is 375 g/mol. The highest BCUT2D eigenvalue weighted by Crippen LogP contribution is 2.28. The number of allylic oxidation sites excluding steroid dienone is 1. The first-order chi connectivity index (χ1) is 12.5. The Bertz CT molecular complexity index is 802. The van der Waals surface area contributed by atoms with E-state index in [2.05, 4.69) is 17.1 Å². The van der Waals surface area contributed by atoms with Crippen LogP contribution in [0.3, 0.4) is 0 Å². The summed E-state index contributed by atoms with van der Waals surface area (Å²) < 4.78 is 10.8. The number of nitrogens with one attached hydrogen (secondary N) is 1. The summed E-state index contributed by atoms with van der Waals surface area (Å²) in [4.78, 5) is 11.9. The second-order valence-corrected chi connectivity index (χ2v) is 6.01. The number of benzene rings is 2. The molecule has 1 amide bonds. The summed E-state index contributed by atoms with van der Waals surface area (Å²) in [5.41, 5.74) is 3.92. The van der Waals surface area contributed by atoms with E-state index in [0.29, 0.717) is 27.1 Å². The molecule has 0 radical (unpaired) electrons. The lowest BCUT2D eigenvalue weighted by Gasteiger charge is -2.11. The first-order valence-corrected chi connectivity index (χ1v) is 8.47. The summed E-state index contributed by atoms with van der Waals surface area (Å²) in [7, 11) is 1.54. The number of rotatable bonds is 8. The summed E-state index contributed by atoms with van der Waals surface area (Å²) in [6, 6.07) is 10.6. The van der Waals surface area contributed by atoms with E-state index in [0.717, 1.165) is 12.0 Å². The van der Waals surface area contributed by atoms with Gasteiger partial charge in [0.15, 0.2) is 18.1 Å². The fraction of sp³-hybridized carbons (Fsp3) is 0.158. The predicted molar refractivity (Wildman–Crippen MR) is 105 cm³/mol. The van der Waals surface area contributed by atoms with Gasteiger partial charge in [0.05, 0.1) is 23.4 Å². The van der Waals surface area contributed by atoms with Gasteiger partial charge in [0.2, 0.25) is 0 Å². The van der Waals surface area contributed by atoms with Crippen LogP contribution < -0.4 is 14.9 Å². The van der Waals surface area contributed by atoms with Crippen molar-refractivity contribution >= 4 is 35.3 Å². The van der Waals surface area contributed by atoms with E-state index in [1.807, 2.05) is 12.1 Å². The summed E-state index contributed by atoms with van der Waals surface area (Å²) in [6.07, 6.45) is 3.90. The average Bonchev–Trinajstić information content (AvgIpc) is 2.63. The number of nitrogens with zero attached hydrogens (tertiary/aromatic N) is 1. The number of carbonyl (C=O) groups excluding carboxylic acids is 1. The molecule has 0 aliphatic rings. The van der Waals surface area contributed by atoms with Gasteiger partial charge < -0.3 is 9.47 Å². The van der Waals surface area contributed by atoms with Crippen LogP contribution in [0.15, 0.2) is 54.2 Å². The van der Waals surface area contributed by atoms with Gasteiger partial charge in [0.1, 0.15) is 0 Å². The Morgan fingerprint density at radius 3 is 2.62 bits per heavy atom. The molecule has 0 saturated carbocycles. The fourth-order valence-electron chi connectivity index (χ4n) is 2.10. The van der Waals surface area contributed by atoms with E-state index in [1.165, 1.54) is 13.3 Å². The first-order valence-electron chi connectivity index (χ1n) is 7.71. The van der Waals surface area contributed by atoms with Crippen LogP contribution in [-0.2, 0) is 11.2 Å². The van der Waals surface area contributed by atoms with Crippen molar-refractivity contribution in [2.75, 3.05) is 13.7 Å². The Hall–Kier alpha value is -2.50. The van der Waals surface area contributed by atoms with E-state index >= 15 is 0 Å². The number of carbonyl (C=O) groups is 1. The second kappa shape index (κ2) is 9.85. The van der Waals surface area contributed by atoms with Crippen LogP contribution >= 0.6 is 23.2 Å². The highest BCUT2D eigenvalue weighted by Gasteiger charge is 2.08. The summed E-state index contributed by atoms with van der Waals surface area (Å²) >= 11 is 12.0. The zero-order valence-electron chi connectivity index (χ0n) is 14.2. The number of amides is 1. The molecule has 0 aromatic heterocycles. The molecule has 0 bridgehead atoms. The van der Waals surface area contributed by atoms with Gasteiger partial charge in [-0.2, -0.15) is 5.10 Å². The van der Waals surface area contributed by atoms with Gasteiger partial charge in [0, 0.05) is 5.56 Å². The fourth-order valence-corrected chi connectivity index (χ4v) is 2.60. The molecule has 136 valence electrons. The normalized spacial score (nSPS) is 10.6. The van der Waals surface area contributed by atoms with Crippen LogP contribution in [0.2, 0.25) is 10.0 Å². The maximum Gasteiger partial charge on any atom is 0.277 e. The van der Waals surface area contributed by atoms with Crippen molar-refractivity contribution in [1.29, 1.82) is 0 Å². The second-order valence-electron chi connectivity index (χ2n) is 5.20. The molecule has 7 heteroatoms. The zero-order valence-corrected chi connectivity index (χ0v) is 15.7. The number of ether oxygens (including phenoxy) is 2. The Morgan fingerprint density at radius 2 is 1.96 bits per heavy atom. The predicted octanol–water partition coefficient (Wildman–Crippen LogP) is 4.26. The minimum absolute atomic E-state index is 0.218. The Morgan fingerprint density at radius 1 is 1.23 bits per heavy atom. The molecule has 0 fully saturated rings. The molecule has 0 aliphatic heterocycles. The van der Waals surface area contributed by atoms with Crippen molar-refractivity contribution < 1.29 is 14.3 Å². The van der Waals surface area contributed by atoms with Gasteiger partial charge in [0.25, 0.3) is 5.91 Å². The monoisotopic (exact) mass is 392 g/mol. The molecule has 0 aliphatic carbocycles. The third-order valence-corrected chi connectivity index (χ3v) is 4.01. The number of hydrogen-bond donors (Lipinski definition) is 1. The maximum atomic E-state index is 11.9. The Labute approximate surface area is 162 Å². The highest BCUT2D eigenvalue weighted by molar-refractivity contribution is 6.38. The van der Waals surface area contributed by atoms with E-state index in [-0.39, 0.29) is 6.61 Å². The molecule has 2 aromatic rings. The summed E-state index contributed by atoms with van der Waals surface area (Å²) in [6.45, 7) is 3.48. The van der Waals surface area contributed by atoms with Gasteiger partial charge >= 0.3 is 0 Å². The topological polar surface area (TPSA) is 59.9 Å². The zero-order chi connectivity index (χ0) is 18.9. The van der Waals surface area contributed by atoms with Crippen LogP contribution in [0, 0.1) is 0 Å². The van der Waals surface area contributed by atoms with E-state index in [4.69, 9.17) is 32.7 Å². The van der Waals surface area contributed by atoms with Crippen molar-refractivity contribution in [2.45, 2.75) is 6.42 Å². The Balaban J connectivity index is 1.92. The van der Waals surface area contributed by atoms with Crippen molar-refractivity contribution in [3.63, 3.8) is 0 Å². The molecule has 1 N–H and O–H groups in total. The first kappa shape index (κ1) is 19.8. The SMILES string of the molecule is C=CCc1ccc(OCC(=O)N/N=C/c2c(Cl)cccc2Cl)c(OC)c1. The number of hydrazone groups is 1. The molecule has 26 heavy (non-hydrogen) atoms. The molecule has 5 nitrogen and oxygen atoms in total. The van der Waals surface area contributed by atoms with Crippen LogP contribution in [0.4, 0.5) is 0 Å². The lowest BCUT2D eigenvalue weighted by Crippen LogP contribution is -2.24.